The highest BCUT2D eigenvalue weighted by atomic mass is 32.1. The van der Waals surface area contributed by atoms with Gasteiger partial charge < -0.3 is 14.8 Å². The Morgan fingerprint density at radius 2 is 1.95 bits per heavy atom. The standard InChI is InChI=1S/C15H19NO2S/c1-3-17-13-5-6-15(18-4-2)14(9-13)16-10-12-7-8-19-11-12/h5-9,11,16H,3-4,10H2,1-2H3. The highest BCUT2D eigenvalue weighted by Gasteiger charge is 2.05. The van der Waals surface area contributed by atoms with Gasteiger partial charge in [-0.15, -0.1) is 0 Å². The van der Waals surface area contributed by atoms with Gasteiger partial charge in [-0.1, -0.05) is 0 Å². The Morgan fingerprint density at radius 3 is 2.63 bits per heavy atom. The van der Waals surface area contributed by atoms with Gasteiger partial charge in [-0.05, 0) is 48.4 Å². The minimum atomic E-state index is 0.654. The van der Waals surface area contributed by atoms with Crippen LogP contribution in [0.25, 0.3) is 0 Å². The zero-order valence-corrected chi connectivity index (χ0v) is 12.1. The molecule has 0 aliphatic heterocycles. The van der Waals surface area contributed by atoms with E-state index in [2.05, 4.69) is 22.1 Å². The molecule has 4 heteroatoms. The Bertz CT molecular complexity index is 497. The fourth-order valence-corrected chi connectivity index (χ4v) is 2.44. The minimum absolute atomic E-state index is 0.654. The second-order valence-corrected chi connectivity index (χ2v) is 4.79. The molecule has 2 aromatic rings. The Kier molecular flexibility index (Phi) is 5.10. The summed E-state index contributed by atoms with van der Waals surface area (Å²) in [5.41, 5.74) is 2.24. The SMILES string of the molecule is CCOc1ccc(OCC)c(NCc2ccsc2)c1. The van der Waals surface area contributed by atoms with Crippen molar-refractivity contribution in [1.29, 1.82) is 0 Å². The molecule has 0 saturated heterocycles. The van der Waals surface area contributed by atoms with Gasteiger partial charge in [0.2, 0.25) is 0 Å². The van der Waals surface area contributed by atoms with Crippen molar-refractivity contribution in [3.05, 3.63) is 40.6 Å². The number of hydrogen-bond donors (Lipinski definition) is 1. The lowest BCUT2D eigenvalue weighted by Gasteiger charge is -2.14. The first-order valence-electron chi connectivity index (χ1n) is 6.48. The largest absolute Gasteiger partial charge is 0.494 e. The van der Waals surface area contributed by atoms with E-state index in [4.69, 9.17) is 9.47 Å². The second kappa shape index (κ2) is 7.04. The third kappa shape index (κ3) is 3.89. The average Bonchev–Trinajstić information content (AvgIpc) is 2.92. The molecule has 1 aromatic carbocycles. The van der Waals surface area contributed by atoms with E-state index in [0.717, 1.165) is 23.7 Å². The van der Waals surface area contributed by atoms with Gasteiger partial charge in [-0.3, -0.25) is 0 Å². The molecule has 0 aliphatic carbocycles. The number of anilines is 1. The quantitative estimate of drug-likeness (QED) is 0.824. The van der Waals surface area contributed by atoms with Crippen LogP contribution in [0, 0.1) is 0 Å². The first kappa shape index (κ1) is 13.7. The number of thiophene rings is 1. The van der Waals surface area contributed by atoms with Crippen molar-refractivity contribution < 1.29 is 9.47 Å². The van der Waals surface area contributed by atoms with Crippen molar-refractivity contribution in [3.8, 4) is 11.5 Å². The second-order valence-electron chi connectivity index (χ2n) is 4.01. The Labute approximate surface area is 118 Å². The van der Waals surface area contributed by atoms with Crippen LogP contribution >= 0.6 is 11.3 Å². The molecule has 1 N–H and O–H groups in total. The van der Waals surface area contributed by atoms with Crippen molar-refractivity contribution in [2.24, 2.45) is 0 Å². The van der Waals surface area contributed by atoms with E-state index in [1.807, 2.05) is 32.0 Å². The molecule has 1 aromatic heterocycles. The van der Waals surface area contributed by atoms with E-state index in [9.17, 15) is 0 Å². The molecule has 0 amide bonds. The van der Waals surface area contributed by atoms with E-state index >= 15 is 0 Å². The minimum Gasteiger partial charge on any atom is -0.494 e. The summed E-state index contributed by atoms with van der Waals surface area (Å²) in [6, 6.07) is 7.99. The van der Waals surface area contributed by atoms with Gasteiger partial charge in [0.15, 0.2) is 0 Å². The topological polar surface area (TPSA) is 30.5 Å². The molecule has 0 saturated carbocycles. The van der Waals surface area contributed by atoms with E-state index in [-0.39, 0.29) is 0 Å². The normalized spacial score (nSPS) is 10.2. The fourth-order valence-electron chi connectivity index (χ4n) is 1.78. The molecule has 1 heterocycles. The van der Waals surface area contributed by atoms with Crippen molar-refractivity contribution in [3.63, 3.8) is 0 Å². The van der Waals surface area contributed by atoms with Crippen LogP contribution in [0.3, 0.4) is 0 Å². The lowest BCUT2D eigenvalue weighted by Crippen LogP contribution is -2.03. The maximum atomic E-state index is 5.62. The molecule has 102 valence electrons. The third-order valence-corrected chi connectivity index (χ3v) is 3.36. The number of rotatable bonds is 7. The summed E-state index contributed by atoms with van der Waals surface area (Å²) in [5, 5.41) is 7.62. The van der Waals surface area contributed by atoms with E-state index in [1.165, 1.54) is 5.56 Å². The molecule has 19 heavy (non-hydrogen) atoms. The third-order valence-electron chi connectivity index (χ3n) is 2.62. The van der Waals surface area contributed by atoms with Crippen LogP contribution in [0.15, 0.2) is 35.0 Å². The molecule has 0 spiro atoms. The summed E-state index contributed by atoms with van der Waals surface area (Å²) in [4.78, 5) is 0. The summed E-state index contributed by atoms with van der Waals surface area (Å²) < 4.78 is 11.1. The van der Waals surface area contributed by atoms with Gasteiger partial charge in [0, 0.05) is 12.6 Å². The zero-order valence-electron chi connectivity index (χ0n) is 11.3. The van der Waals surface area contributed by atoms with Gasteiger partial charge in [-0.25, -0.2) is 0 Å². The van der Waals surface area contributed by atoms with Crippen LogP contribution in [0.5, 0.6) is 11.5 Å². The van der Waals surface area contributed by atoms with Gasteiger partial charge in [-0.2, -0.15) is 11.3 Å². The molecular weight excluding hydrogens is 258 g/mol. The molecule has 3 nitrogen and oxygen atoms in total. The van der Waals surface area contributed by atoms with Crippen molar-refractivity contribution in [2.75, 3.05) is 18.5 Å². The smallest absolute Gasteiger partial charge is 0.142 e. The highest BCUT2D eigenvalue weighted by Crippen LogP contribution is 2.30. The number of nitrogens with one attached hydrogen (secondary N) is 1. The van der Waals surface area contributed by atoms with Crippen molar-refractivity contribution >= 4 is 17.0 Å². The van der Waals surface area contributed by atoms with Gasteiger partial charge in [0.05, 0.1) is 18.9 Å². The van der Waals surface area contributed by atoms with Crippen LogP contribution in [-0.4, -0.2) is 13.2 Å². The summed E-state index contributed by atoms with van der Waals surface area (Å²) in [6.07, 6.45) is 0. The lowest BCUT2D eigenvalue weighted by atomic mass is 10.2. The Hall–Kier alpha value is -1.68. The molecule has 2 rings (SSSR count). The first-order chi connectivity index (χ1) is 9.33. The summed E-state index contributed by atoms with van der Waals surface area (Å²) >= 11 is 1.70. The maximum Gasteiger partial charge on any atom is 0.142 e. The summed E-state index contributed by atoms with van der Waals surface area (Å²) in [6.45, 7) is 6.08. The monoisotopic (exact) mass is 277 g/mol. The number of benzene rings is 1. The van der Waals surface area contributed by atoms with E-state index in [1.54, 1.807) is 11.3 Å². The molecule has 0 fully saturated rings. The van der Waals surface area contributed by atoms with Gasteiger partial charge >= 0.3 is 0 Å². The average molecular weight is 277 g/mol. The molecule has 0 aliphatic rings. The molecule has 0 unspecified atom stereocenters. The van der Waals surface area contributed by atoms with Gasteiger partial charge in [0.1, 0.15) is 11.5 Å². The van der Waals surface area contributed by atoms with Crippen LogP contribution in [0.1, 0.15) is 19.4 Å². The van der Waals surface area contributed by atoms with E-state index < -0.39 is 0 Å². The maximum absolute atomic E-state index is 5.62. The highest BCUT2D eigenvalue weighted by molar-refractivity contribution is 7.07. The molecule has 0 radical (unpaired) electrons. The van der Waals surface area contributed by atoms with Gasteiger partial charge in [0.25, 0.3) is 0 Å². The van der Waals surface area contributed by atoms with Crippen LogP contribution in [0.2, 0.25) is 0 Å². The molecule has 0 atom stereocenters. The molecule has 0 bridgehead atoms. The lowest BCUT2D eigenvalue weighted by molar-refractivity contribution is 0.332. The number of ether oxygens (including phenoxy) is 2. The summed E-state index contributed by atoms with van der Waals surface area (Å²) in [7, 11) is 0. The van der Waals surface area contributed by atoms with Crippen molar-refractivity contribution in [1.82, 2.24) is 0 Å². The van der Waals surface area contributed by atoms with E-state index in [0.29, 0.717) is 13.2 Å². The number of hydrogen-bond acceptors (Lipinski definition) is 4. The Balaban J connectivity index is 2.11. The van der Waals surface area contributed by atoms with Crippen molar-refractivity contribution in [2.45, 2.75) is 20.4 Å². The first-order valence-corrected chi connectivity index (χ1v) is 7.42. The van der Waals surface area contributed by atoms with Crippen LogP contribution in [-0.2, 0) is 6.54 Å². The predicted octanol–water partition coefficient (Wildman–Crippen LogP) is 4.16. The van der Waals surface area contributed by atoms with Crippen LogP contribution < -0.4 is 14.8 Å². The Morgan fingerprint density at radius 1 is 1.11 bits per heavy atom. The zero-order chi connectivity index (χ0) is 13.5. The predicted molar refractivity (Wildman–Crippen MR) is 80.4 cm³/mol. The summed E-state index contributed by atoms with van der Waals surface area (Å²) in [5.74, 6) is 1.72. The van der Waals surface area contributed by atoms with Crippen LogP contribution in [0.4, 0.5) is 5.69 Å². The molecular formula is C15H19NO2S. The fraction of sp³-hybridized carbons (Fsp3) is 0.333.